The van der Waals surface area contributed by atoms with Crippen molar-refractivity contribution in [2.45, 2.75) is 46.5 Å². The number of hydrogen-bond donors (Lipinski definition) is 0. The zero-order chi connectivity index (χ0) is 15.1. The van der Waals surface area contributed by atoms with Crippen LogP contribution in [0.3, 0.4) is 0 Å². The first-order valence-electron chi connectivity index (χ1n) is 8.10. The summed E-state index contributed by atoms with van der Waals surface area (Å²) in [5.41, 5.74) is 4.33. The van der Waals surface area contributed by atoms with Gasteiger partial charge in [-0.05, 0) is 6.42 Å². The molecule has 0 fully saturated rings. The smallest absolute Gasteiger partial charge is 1.00 e. The van der Waals surface area contributed by atoms with E-state index in [1.54, 1.807) is 0 Å². The molecule has 0 aliphatic carbocycles. The van der Waals surface area contributed by atoms with Crippen molar-refractivity contribution in [3.63, 3.8) is 0 Å². The summed E-state index contributed by atoms with van der Waals surface area (Å²) in [6, 6.07) is 19.7. The molecule has 0 bridgehead atoms. The molecule has 0 heterocycles. The predicted molar refractivity (Wildman–Crippen MR) is 94.3 cm³/mol. The third-order valence-corrected chi connectivity index (χ3v) is 3.78. The molecule has 3 rings (SSSR count). The van der Waals surface area contributed by atoms with Crippen molar-refractivity contribution in [3.05, 3.63) is 71.3 Å². The van der Waals surface area contributed by atoms with Gasteiger partial charge in [0.25, 0.3) is 0 Å². The summed E-state index contributed by atoms with van der Waals surface area (Å²) in [7, 11) is 0. The van der Waals surface area contributed by atoms with Crippen molar-refractivity contribution in [3.8, 4) is 0 Å². The van der Waals surface area contributed by atoms with Crippen LogP contribution in [0.5, 0.6) is 0 Å². The Morgan fingerprint density at radius 1 is 0.917 bits per heavy atom. The molecule has 0 saturated carbocycles. The van der Waals surface area contributed by atoms with Crippen LogP contribution in [0.2, 0.25) is 0 Å². The van der Waals surface area contributed by atoms with Gasteiger partial charge in [-0.1, -0.05) is 51.7 Å². The molecule has 3 aromatic carbocycles. The molecule has 0 saturated heterocycles. The zero-order valence-electron chi connectivity index (χ0n) is 14.8. The first-order chi connectivity index (χ1) is 10.2. The van der Waals surface area contributed by atoms with E-state index in [1.807, 2.05) is 0 Å². The number of fused-ring (bicyclic) bond motifs is 1. The summed E-state index contributed by atoms with van der Waals surface area (Å²) in [5, 5.41) is 2.84. The van der Waals surface area contributed by atoms with Crippen molar-refractivity contribution in [2.24, 2.45) is 0 Å². The van der Waals surface area contributed by atoms with Crippen molar-refractivity contribution in [2.75, 3.05) is 0 Å². The van der Waals surface area contributed by atoms with Crippen LogP contribution in [0, 0.1) is 6.92 Å². The van der Waals surface area contributed by atoms with Crippen LogP contribution in [-0.4, -0.2) is 0 Å². The van der Waals surface area contributed by atoms with Gasteiger partial charge in [0.15, 0.2) is 0 Å². The molecule has 0 N–H and O–H groups in total. The molecule has 0 amide bonds. The van der Waals surface area contributed by atoms with Gasteiger partial charge in [0, 0.05) is 0 Å². The quantitative estimate of drug-likeness (QED) is 0.508. The molecule has 0 unspecified atom stereocenters. The normalized spacial score (nSPS) is 9.12. The number of halogens is 2. The molecular weight excluding hydrogens is 414 g/mol. The Morgan fingerprint density at radius 2 is 1.62 bits per heavy atom. The molecular formula is C21H26Cl2Zr. The third kappa shape index (κ3) is 7.68. The molecule has 128 valence electrons. The maximum atomic E-state index is 2.29. The molecule has 3 heteroatoms. The summed E-state index contributed by atoms with van der Waals surface area (Å²) in [6.07, 6.45) is 4.90. The molecule has 0 atom stereocenters. The number of aryl methyl sites for hydroxylation is 3. The molecule has 0 aliphatic rings. The minimum atomic E-state index is 0. The van der Waals surface area contributed by atoms with Gasteiger partial charge >= 0.3 is 26.2 Å². The van der Waals surface area contributed by atoms with Gasteiger partial charge in [0.2, 0.25) is 0 Å². The zero-order valence-corrected chi connectivity index (χ0v) is 18.8. The monoisotopic (exact) mass is 438 g/mol. The minimum Gasteiger partial charge on any atom is -1.00 e. The Kier molecular flexibility index (Phi) is 15.0. The Hall–Kier alpha value is -0.357. The summed E-state index contributed by atoms with van der Waals surface area (Å²) >= 11 is 0. The van der Waals surface area contributed by atoms with Crippen LogP contribution in [0.4, 0.5) is 0 Å². The molecule has 24 heavy (non-hydrogen) atoms. The van der Waals surface area contributed by atoms with Crippen LogP contribution in [0.25, 0.3) is 10.8 Å². The molecule has 0 spiro atoms. The van der Waals surface area contributed by atoms with Crippen molar-refractivity contribution in [1.82, 2.24) is 0 Å². The maximum Gasteiger partial charge on any atom is 4.00 e. The van der Waals surface area contributed by atoms with E-state index < -0.39 is 0 Å². The Labute approximate surface area is 178 Å². The van der Waals surface area contributed by atoms with Gasteiger partial charge in [0.1, 0.15) is 0 Å². The van der Waals surface area contributed by atoms with E-state index in [-0.39, 0.29) is 51.0 Å². The Morgan fingerprint density at radius 3 is 2.21 bits per heavy atom. The van der Waals surface area contributed by atoms with E-state index in [0.717, 1.165) is 0 Å². The second-order valence-electron chi connectivity index (χ2n) is 5.75. The van der Waals surface area contributed by atoms with Crippen molar-refractivity contribution < 1.29 is 51.0 Å². The predicted octanol–water partition coefficient (Wildman–Crippen LogP) is 0.183. The second kappa shape index (κ2) is 13.9. The largest absolute Gasteiger partial charge is 4.00 e. The minimum absolute atomic E-state index is 0. The Balaban J connectivity index is 0. The van der Waals surface area contributed by atoms with Crippen LogP contribution >= 0.6 is 0 Å². The summed E-state index contributed by atoms with van der Waals surface area (Å²) < 4.78 is 0. The number of benzene rings is 1. The summed E-state index contributed by atoms with van der Waals surface area (Å²) in [4.78, 5) is 0. The van der Waals surface area contributed by atoms with E-state index in [1.165, 1.54) is 53.1 Å². The Bertz CT molecular complexity index is 654. The summed E-state index contributed by atoms with van der Waals surface area (Å²) in [6.45, 7) is 6.59. The fourth-order valence-electron chi connectivity index (χ4n) is 2.81. The van der Waals surface area contributed by atoms with Gasteiger partial charge in [-0.15, -0.1) is 34.5 Å². The van der Waals surface area contributed by atoms with Crippen molar-refractivity contribution >= 4 is 10.8 Å². The van der Waals surface area contributed by atoms with Gasteiger partial charge in [0.05, 0.1) is 0 Å². The molecule has 0 radical (unpaired) electrons. The molecule has 0 nitrogen and oxygen atoms in total. The van der Waals surface area contributed by atoms with E-state index in [4.69, 9.17) is 0 Å². The summed E-state index contributed by atoms with van der Waals surface area (Å²) in [5.74, 6) is 0. The fourth-order valence-corrected chi connectivity index (χ4v) is 2.81. The van der Waals surface area contributed by atoms with Crippen LogP contribution in [0.15, 0.2) is 54.6 Å². The first-order valence-corrected chi connectivity index (χ1v) is 8.10. The van der Waals surface area contributed by atoms with Gasteiger partial charge < -0.3 is 24.8 Å². The third-order valence-electron chi connectivity index (χ3n) is 3.78. The van der Waals surface area contributed by atoms with Crippen molar-refractivity contribution in [1.29, 1.82) is 0 Å². The fraction of sp³-hybridized carbons (Fsp3) is 0.333. The van der Waals surface area contributed by atoms with Crippen LogP contribution < -0.4 is 24.8 Å². The first kappa shape index (κ1) is 25.9. The maximum absolute atomic E-state index is 2.29. The van der Waals surface area contributed by atoms with Crippen LogP contribution in [-0.2, 0) is 39.0 Å². The molecule has 0 aliphatic heterocycles. The SMILES string of the molecule is CCCc1ccc[cH-]1.CCCc1cccc2[cH-]c(C)cc12.[Cl-].[Cl-].[Zr+4]. The molecule has 3 aromatic rings. The van der Waals surface area contributed by atoms with E-state index in [9.17, 15) is 0 Å². The van der Waals surface area contributed by atoms with E-state index in [2.05, 4.69) is 75.4 Å². The average Bonchev–Trinajstić information content (AvgIpc) is 3.09. The molecule has 0 aromatic heterocycles. The van der Waals surface area contributed by atoms with Gasteiger partial charge in [-0.25, -0.2) is 12.1 Å². The van der Waals surface area contributed by atoms with E-state index >= 15 is 0 Å². The number of hydrogen-bond acceptors (Lipinski definition) is 0. The average molecular weight is 441 g/mol. The van der Waals surface area contributed by atoms with Gasteiger partial charge in [-0.3, -0.25) is 0 Å². The standard InChI is InChI=1S/C13H15.C8H11.2ClH.Zr/c1-3-5-11-6-4-7-12-8-10(2)9-13(11)12;1-2-5-8-6-3-4-7-8;;;/h4,6-9H,3,5H2,1-2H3;3-4,6-7H,2,5H2,1H3;2*1H;/q2*-1;;;+4/p-2. The second-order valence-corrected chi connectivity index (χ2v) is 5.75. The topological polar surface area (TPSA) is 0 Å². The number of rotatable bonds is 4. The van der Waals surface area contributed by atoms with Gasteiger partial charge in [-0.2, -0.15) is 23.8 Å². The van der Waals surface area contributed by atoms with E-state index in [0.29, 0.717) is 0 Å². The van der Waals surface area contributed by atoms with Crippen LogP contribution in [0.1, 0.15) is 43.4 Å².